The van der Waals surface area contributed by atoms with Crippen LogP contribution in [-0.4, -0.2) is 41.5 Å². The van der Waals surface area contributed by atoms with Crippen molar-refractivity contribution in [1.82, 2.24) is 10.2 Å². The van der Waals surface area contributed by atoms with E-state index in [2.05, 4.69) is 5.32 Å². The van der Waals surface area contributed by atoms with Crippen LogP contribution >= 0.6 is 23.2 Å². The van der Waals surface area contributed by atoms with Crippen LogP contribution in [0.1, 0.15) is 25.5 Å². The molecule has 0 aliphatic heterocycles. The van der Waals surface area contributed by atoms with E-state index < -0.39 is 12.0 Å². The van der Waals surface area contributed by atoms with Gasteiger partial charge in [0.2, 0.25) is 5.91 Å². The van der Waals surface area contributed by atoms with Crippen LogP contribution in [0, 0.1) is 0 Å². The maximum atomic E-state index is 12.1. The van der Waals surface area contributed by atoms with E-state index in [1.807, 2.05) is 0 Å². The predicted molar refractivity (Wildman–Crippen MR) is 82.7 cm³/mol. The molecule has 0 spiro atoms. The molecule has 1 aromatic rings. The third kappa shape index (κ3) is 5.19. The molecule has 5 nitrogen and oxygen atoms in total. The smallest absolute Gasteiger partial charge is 0.317 e. The summed E-state index contributed by atoms with van der Waals surface area (Å²) in [6.07, 6.45) is 0. The Kier molecular flexibility index (Phi) is 6.45. The molecule has 21 heavy (non-hydrogen) atoms. The lowest BCUT2D eigenvalue weighted by atomic mass is 10.1. The second kappa shape index (κ2) is 7.64. The lowest BCUT2D eigenvalue weighted by Gasteiger charge is -2.24. The quantitative estimate of drug-likeness (QED) is 0.839. The molecule has 1 rings (SSSR count). The molecule has 116 valence electrons. The van der Waals surface area contributed by atoms with Gasteiger partial charge in [0, 0.05) is 10.0 Å². The van der Waals surface area contributed by atoms with Crippen molar-refractivity contribution in [3.63, 3.8) is 0 Å². The normalized spacial score (nSPS) is 13.8. The summed E-state index contributed by atoms with van der Waals surface area (Å²) in [5.74, 6) is -1.25. The molecule has 7 heteroatoms. The summed E-state index contributed by atoms with van der Waals surface area (Å²) in [4.78, 5) is 24.2. The zero-order chi connectivity index (χ0) is 16.2. The van der Waals surface area contributed by atoms with Gasteiger partial charge >= 0.3 is 5.97 Å². The molecular formula is C14H18Cl2N2O3. The number of hydrogen-bond donors (Lipinski definition) is 2. The first kappa shape index (κ1) is 17.8. The second-order valence-corrected chi connectivity index (χ2v) is 5.72. The highest BCUT2D eigenvalue weighted by Crippen LogP contribution is 2.26. The third-order valence-electron chi connectivity index (χ3n) is 3.21. The van der Waals surface area contributed by atoms with Gasteiger partial charge in [-0.2, -0.15) is 0 Å². The SMILES string of the molecule is CC(NC(=O)C(C)N(C)CC(=O)O)c1ccc(Cl)cc1Cl. The van der Waals surface area contributed by atoms with Crippen LogP contribution in [0.5, 0.6) is 0 Å². The van der Waals surface area contributed by atoms with E-state index in [4.69, 9.17) is 28.3 Å². The molecule has 0 fully saturated rings. The summed E-state index contributed by atoms with van der Waals surface area (Å²) in [5.41, 5.74) is 0.752. The van der Waals surface area contributed by atoms with E-state index in [-0.39, 0.29) is 18.5 Å². The Morgan fingerprint density at radius 1 is 1.33 bits per heavy atom. The largest absolute Gasteiger partial charge is 0.480 e. The van der Waals surface area contributed by atoms with Gasteiger partial charge in [0.05, 0.1) is 18.6 Å². The minimum absolute atomic E-state index is 0.204. The molecule has 0 heterocycles. The number of likely N-dealkylation sites (N-methyl/N-ethyl adjacent to an activating group) is 1. The first-order valence-corrected chi connectivity index (χ1v) is 7.15. The minimum atomic E-state index is -0.981. The van der Waals surface area contributed by atoms with Crippen molar-refractivity contribution in [3.05, 3.63) is 33.8 Å². The van der Waals surface area contributed by atoms with Crippen LogP contribution in [0.15, 0.2) is 18.2 Å². The Morgan fingerprint density at radius 2 is 1.95 bits per heavy atom. The van der Waals surface area contributed by atoms with Crippen LogP contribution in [0.4, 0.5) is 0 Å². The highest BCUT2D eigenvalue weighted by molar-refractivity contribution is 6.35. The van der Waals surface area contributed by atoms with E-state index in [9.17, 15) is 9.59 Å². The van der Waals surface area contributed by atoms with Gasteiger partial charge in [0.1, 0.15) is 0 Å². The number of carboxylic acids is 1. The molecule has 0 bridgehead atoms. The average Bonchev–Trinajstić information content (AvgIpc) is 2.36. The van der Waals surface area contributed by atoms with Gasteiger partial charge in [0.15, 0.2) is 0 Å². The Balaban J connectivity index is 2.71. The van der Waals surface area contributed by atoms with Gasteiger partial charge in [-0.3, -0.25) is 14.5 Å². The van der Waals surface area contributed by atoms with Gasteiger partial charge in [-0.25, -0.2) is 0 Å². The molecular weight excluding hydrogens is 315 g/mol. The fourth-order valence-electron chi connectivity index (χ4n) is 1.81. The number of amides is 1. The molecule has 0 radical (unpaired) electrons. The first-order chi connectivity index (χ1) is 9.72. The zero-order valence-electron chi connectivity index (χ0n) is 12.1. The topological polar surface area (TPSA) is 69.6 Å². The van der Waals surface area contributed by atoms with Crippen molar-refractivity contribution in [3.8, 4) is 0 Å². The third-order valence-corrected chi connectivity index (χ3v) is 3.78. The summed E-state index contributed by atoms with van der Waals surface area (Å²) in [6.45, 7) is 3.25. The molecule has 2 atom stereocenters. The fraction of sp³-hybridized carbons (Fsp3) is 0.429. The molecule has 0 aromatic heterocycles. The van der Waals surface area contributed by atoms with E-state index in [1.165, 1.54) is 4.90 Å². The van der Waals surface area contributed by atoms with E-state index in [0.29, 0.717) is 10.0 Å². The van der Waals surface area contributed by atoms with Crippen molar-refractivity contribution in [2.45, 2.75) is 25.9 Å². The van der Waals surface area contributed by atoms with Gasteiger partial charge < -0.3 is 10.4 Å². The molecule has 0 aliphatic rings. The van der Waals surface area contributed by atoms with Crippen molar-refractivity contribution in [2.75, 3.05) is 13.6 Å². The van der Waals surface area contributed by atoms with E-state index >= 15 is 0 Å². The van der Waals surface area contributed by atoms with Crippen LogP contribution in [0.25, 0.3) is 0 Å². The Bertz CT molecular complexity index is 537. The van der Waals surface area contributed by atoms with Gasteiger partial charge in [-0.05, 0) is 38.6 Å². The summed E-state index contributed by atoms with van der Waals surface area (Å²) < 4.78 is 0. The lowest BCUT2D eigenvalue weighted by molar-refractivity contribution is -0.139. The van der Waals surface area contributed by atoms with Gasteiger partial charge in [-0.1, -0.05) is 29.3 Å². The summed E-state index contributed by atoms with van der Waals surface area (Å²) >= 11 is 11.9. The van der Waals surface area contributed by atoms with Crippen molar-refractivity contribution >= 4 is 35.1 Å². The van der Waals surface area contributed by atoms with Crippen LogP contribution in [0.2, 0.25) is 10.0 Å². The molecule has 0 aliphatic carbocycles. The molecule has 0 saturated carbocycles. The minimum Gasteiger partial charge on any atom is -0.480 e. The number of carbonyl (C=O) groups is 2. The second-order valence-electron chi connectivity index (χ2n) is 4.88. The maximum absolute atomic E-state index is 12.1. The number of carboxylic acid groups (broad SMARTS) is 1. The van der Waals surface area contributed by atoms with Gasteiger partial charge in [-0.15, -0.1) is 0 Å². The standard InChI is InChI=1S/C14H18Cl2N2O3/c1-8(11-5-4-10(15)6-12(11)16)17-14(21)9(2)18(3)7-13(19)20/h4-6,8-9H,7H2,1-3H3,(H,17,21)(H,19,20). The fourth-order valence-corrected chi connectivity index (χ4v) is 2.39. The number of halogens is 2. The van der Waals surface area contributed by atoms with E-state index in [0.717, 1.165) is 5.56 Å². The zero-order valence-corrected chi connectivity index (χ0v) is 13.6. The highest BCUT2D eigenvalue weighted by atomic mass is 35.5. The van der Waals surface area contributed by atoms with Crippen molar-refractivity contribution in [1.29, 1.82) is 0 Å². The molecule has 2 unspecified atom stereocenters. The van der Waals surface area contributed by atoms with Crippen LogP contribution in [0.3, 0.4) is 0 Å². The molecule has 0 saturated heterocycles. The monoisotopic (exact) mass is 332 g/mol. The number of rotatable bonds is 6. The summed E-state index contributed by atoms with van der Waals surface area (Å²) in [5, 5.41) is 12.5. The Hall–Kier alpha value is -1.30. The van der Waals surface area contributed by atoms with Crippen LogP contribution < -0.4 is 5.32 Å². The number of nitrogens with one attached hydrogen (secondary N) is 1. The number of aliphatic carboxylic acids is 1. The van der Waals surface area contributed by atoms with Crippen LogP contribution in [-0.2, 0) is 9.59 Å². The Morgan fingerprint density at radius 3 is 2.48 bits per heavy atom. The molecule has 1 amide bonds. The number of benzene rings is 1. The van der Waals surface area contributed by atoms with Crippen molar-refractivity contribution < 1.29 is 14.7 Å². The number of hydrogen-bond acceptors (Lipinski definition) is 3. The highest BCUT2D eigenvalue weighted by Gasteiger charge is 2.22. The number of carbonyl (C=O) groups excluding carboxylic acids is 1. The van der Waals surface area contributed by atoms with Crippen molar-refractivity contribution in [2.24, 2.45) is 0 Å². The first-order valence-electron chi connectivity index (χ1n) is 6.39. The molecule has 2 N–H and O–H groups in total. The lowest BCUT2D eigenvalue weighted by Crippen LogP contribution is -2.45. The Labute approximate surface area is 133 Å². The predicted octanol–water partition coefficient (Wildman–Crippen LogP) is 2.58. The number of nitrogens with zero attached hydrogens (tertiary/aromatic N) is 1. The van der Waals surface area contributed by atoms with E-state index in [1.54, 1.807) is 39.1 Å². The maximum Gasteiger partial charge on any atom is 0.317 e. The summed E-state index contributed by atoms with van der Waals surface area (Å²) in [7, 11) is 1.58. The average molecular weight is 333 g/mol. The molecule has 1 aromatic carbocycles. The summed E-state index contributed by atoms with van der Waals surface area (Å²) in [6, 6.07) is 4.20. The van der Waals surface area contributed by atoms with Gasteiger partial charge in [0.25, 0.3) is 0 Å².